The minimum absolute atomic E-state index is 0.182. The summed E-state index contributed by atoms with van der Waals surface area (Å²) in [5, 5.41) is 15.1. The standard InChI is InChI=1S/C13H14F3N3O4/c14-13(15,16)22-7-1-6(2-7)8-17-9(23-19-8)11-3-12(4-11,5-11)18-10(20)21/h6-7,18H,1-5H2,(H,20,21). The molecular weight excluding hydrogens is 319 g/mol. The van der Waals surface area contributed by atoms with Crippen molar-refractivity contribution in [3.8, 4) is 0 Å². The van der Waals surface area contributed by atoms with E-state index in [0.29, 0.717) is 31.0 Å². The summed E-state index contributed by atoms with van der Waals surface area (Å²) in [6.45, 7) is 0. The fourth-order valence-corrected chi connectivity index (χ4v) is 4.05. The number of nitrogens with zero attached hydrogens (tertiary/aromatic N) is 2. The zero-order valence-corrected chi connectivity index (χ0v) is 11.9. The number of aromatic nitrogens is 2. The fourth-order valence-electron chi connectivity index (χ4n) is 4.05. The van der Waals surface area contributed by atoms with Crippen LogP contribution in [-0.2, 0) is 10.2 Å². The molecule has 0 aromatic carbocycles. The van der Waals surface area contributed by atoms with Crippen molar-refractivity contribution < 1.29 is 32.3 Å². The smallest absolute Gasteiger partial charge is 0.465 e. The van der Waals surface area contributed by atoms with Gasteiger partial charge in [0, 0.05) is 11.5 Å². The summed E-state index contributed by atoms with van der Waals surface area (Å²) in [5.74, 6) is 0.687. The number of alkyl halides is 3. The van der Waals surface area contributed by atoms with Crippen LogP contribution in [0, 0.1) is 0 Å². The molecule has 1 amide bonds. The van der Waals surface area contributed by atoms with Gasteiger partial charge in [-0.05, 0) is 32.1 Å². The van der Waals surface area contributed by atoms with Crippen LogP contribution < -0.4 is 5.32 Å². The molecule has 0 saturated heterocycles. The molecule has 0 atom stereocenters. The summed E-state index contributed by atoms with van der Waals surface area (Å²) in [5.41, 5.74) is -0.637. The number of rotatable bonds is 4. The van der Waals surface area contributed by atoms with Crippen LogP contribution in [0.4, 0.5) is 18.0 Å². The number of ether oxygens (including phenoxy) is 1. The van der Waals surface area contributed by atoms with E-state index < -0.39 is 18.6 Å². The van der Waals surface area contributed by atoms with Crippen molar-refractivity contribution in [2.45, 2.75) is 61.4 Å². The number of carbonyl (C=O) groups is 1. The normalized spacial score (nSPS) is 38.2. The van der Waals surface area contributed by atoms with Gasteiger partial charge in [0.05, 0.1) is 11.5 Å². The lowest BCUT2D eigenvalue weighted by Gasteiger charge is -2.68. The Morgan fingerprint density at radius 3 is 2.57 bits per heavy atom. The van der Waals surface area contributed by atoms with Crippen LogP contribution in [0.3, 0.4) is 0 Å². The summed E-state index contributed by atoms with van der Waals surface area (Å²) in [4.78, 5) is 15.0. The average Bonchev–Trinajstić information content (AvgIpc) is 2.73. The Morgan fingerprint density at radius 2 is 2.00 bits per heavy atom. The molecule has 0 aliphatic heterocycles. The quantitative estimate of drug-likeness (QED) is 0.877. The number of halogens is 3. The van der Waals surface area contributed by atoms with Crippen molar-refractivity contribution >= 4 is 6.09 Å². The van der Waals surface area contributed by atoms with E-state index in [1.165, 1.54) is 0 Å². The van der Waals surface area contributed by atoms with Crippen LogP contribution >= 0.6 is 0 Å². The Hall–Kier alpha value is -1.84. The van der Waals surface area contributed by atoms with Gasteiger partial charge in [0.1, 0.15) is 0 Å². The first-order chi connectivity index (χ1) is 10.7. The van der Waals surface area contributed by atoms with E-state index in [2.05, 4.69) is 20.2 Å². The molecule has 7 nitrogen and oxygen atoms in total. The Labute approximate surface area is 128 Å². The van der Waals surface area contributed by atoms with Crippen molar-refractivity contribution in [1.29, 1.82) is 0 Å². The largest absolute Gasteiger partial charge is 0.522 e. The second kappa shape index (κ2) is 4.37. The van der Waals surface area contributed by atoms with Crippen LogP contribution in [0.2, 0.25) is 0 Å². The first kappa shape index (κ1) is 14.7. The van der Waals surface area contributed by atoms with Crippen LogP contribution in [0.25, 0.3) is 0 Å². The first-order valence-corrected chi connectivity index (χ1v) is 7.29. The van der Waals surface area contributed by atoms with E-state index >= 15 is 0 Å². The van der Waals surface area contributed by atoms with E-state index in [9.17, 15) is 18.0 Å². The zero-order chi connectivity index (χ0) is 16.5. The molecule has 1 aromatic rings. The number of amides is 1. The van der Waals surface area contributed by atoms with Crippen molar-refractivity contribution in [2.24, 2.45) is 0 Å². The Morgan fingerprint density at radius 1 is 1.35 bits per heavy atom. The molecule has 10 heteroatoms. The highest BCUT2D eigenvalue weighted by Gasteiger charge is 2.72. The van der Waals surface area contributed by atoms with Gasteiger partial charge in [-0.25, -0.2) is 4.79 Å². The molecular formula is C13H14F3N3O4. The minimum atomic E-state index is -4.62. The second-order valence-electron chi connectivity index (χ2n) is 6.83. The van der Waals surface area contributed by atoms with Gasteiger partial charge in [-0.1, -0.05) is 5.16 Å². The maximum atomic E-state index is 12.1. The van der Waals surface area contributed by atoms with Crippen molar-refractivity contribution in [3.63, 3.8) is 0 Å². The predicted octanol–water partition coefficient (Wildman–Crippen LogP) is 2.29. The number of hydrogen-bond acceptors (Lipinski definition) is 5. The maximum absolute atomic E-state index is 12.1. The van der Waals surface area contributed by atoms with Crippen LogP contribution in [0.15, 0.2) is 4.52 Å². The van der Waals surface area contributed by atoms with Gasteiger partial charge in [0.15, 0.2) is 5.82 Å². The van der Waals surface area contributed by atoms with E-state index in [4.69, 9.17) is 9.63 Å². The molecule has 0 radical (unpaired) electrons. The van der Waals surface area contributed by atoms with Gasteiger partial charge in [0.2, 0.25) is 5.89 Å². The summed E-state index contributed by atoms with van der Waals surface area (Å²) in [6.07, 6.45) is -4.20. The molecule has 1 aromatic heterocycles. The van der Waals surface area contributed by atoms with E-state index in [1.54, 1.807) is 0 Å². The molecule has 5 rings (SSSR count). The van der Waals surface area contributed by atoms with Crippen molar-refractivity contribution in [2.75, 3.05) is 0 Å². The lowest BCUT2D eigenvalue weighted by Crippen LogP contribution is -2.76. The molecule has 23 heavy (non-hydrogen) atoms. The van der Waals surface area contributed by atoms with Gasteiger partial charge >= 0.3 is 12.5 Å². The molecule has 4 saturated carbocycles. The van der Waals surface area contributed by atoms with Crippen molar-refractivity contribution in [3.05, 3.63) is 11.7 Å². The molecule has 2 bridgehead atoms. The van der Waals surface area contributed by atoms with Crippen LogP contribution in [0.5, 0.6) is 0 Å². The topological polar surface area (TPSA) is 97.5 Å². The lowest BCUT2D eigenvalue weighted by molar-refractivity contribution is -0.352. The van der Waals surface area contributed by atoms with Gasteiger partial charge in [-0.3, -0.25) is 4.74 Å². The average molecular weight is 333 g/mol. The molecule has 4 fully saturated rings. The predicted molar refractivity (Wildman–Crippen MR) is 66.6 cm³/mol. The molecule has 1 heterocycles. The maximum Gasteiger partial charge on any atom is 0.522 e. The third-order valence-electron chi connectivity index (χ3n) is 5.06. The highest BCUT2D eigenvalue weighted by Crippen LogP contribution is 2.67. The van der Waals surface area contributed by atoms with E-state index in [1.807, 2.05) is 0 Å². The van der Waals surface area contributed by atoms with Gasteiger partial charge in [0.25, 0.3) is 0 Å². The Balaban J connectivity index is 1.33. The summed E-state index contributed by atoms with van der Waals surface area (Å²) in [6, 6.07) is 0. The fraction of sp³-hybridized carbons (Fsp3) is 0.769. The minimum Gasteiger partial charge on any atom is -0.465 e. The monoisotopic (exact) mass is 333 g/mol. The summed E-state index contributed by atoms with van der Waals surface area (Å²) >= 11 is 0. The molecule has 126 valence electrons. The first-order valence-electron chi connectivity index (χ1n) is 7.29. The molecule has 0 spiro atoms. The molecule has 0 unspecified atom stereocenters. The van der Waals surface area contributed by atoms with Gasteiger partial charge < -0.3 is 14.9 Å². The summed E-state index contributed by atoms with van der Waals surface area (Å²) in [7, 11) is 0. The molecule has 4 aliphatic carbocycles. The Kier molecular flexibility index (Phi) is 2.80. The van der Waals surface area contributed by atoms with Crippen LogP contribution in [-0.4, -0.2) is 39.3 Å². The zero-order valence-electron chi connectivity index (χ0n) is 11.9. The third-order valence-corrected chi connectivity index (χ3v) is 5.06. The third kappa shape index (κ3) is 2.35. The van der Waals surface area contributed by atoms with E-state index in [0.717, 1.165) is 0 Å². The molecule has 4 aliphatic rings. The number of nitrogens with one attached hydrogen (secondary N) is 1. The highest BCUT2D eigenvalue weighted by molar-refractivity contribution is 5.67. The van der Waals surface area contributed by atoms with E-state index in [-0.39, 0.29) is 29.7 Å². The summed E-state index contributed by atoms with van der Waals surface area (Å²) < 4.78 is 45.4. The SMILES string of the molecule is O=C(O)NC12CC(c3nc(C4CC(OC(F)(F)F)C4)no3)(C1)C2. The number of carboxylic acid groups (broad SMARTS) is 1. The molecule has 2 N–H and O–H groups in total. The van der Waals surface area contributed by atoms with Gasteiger partial charge in [-0.15, -0.1) is 13.2 Å². The van der Waals surface area contributed by atoms with Crippen molar-refractivity contribution in [1.82, 2.24) is 15.5 Å². The highest BCUT2D eigenvalue weighted by atomic mass is 19.4. The number of hydrogen-bond donors (Lipinski definition) is 2. The van der Waals surface area contributed by atoms with Gasteiger partial charge in [-0.2, -0.15) is 4.98 Å². The lowest BCUT2D eigenvalue weighted by atomic mass is 9.39. The second-order valence-corrected chi connectivity index (χ2v) is 6.83. The van der Waals surface area contributed by atoms with Crippen LogP contribution in [0.1, 0.15) is 49.7 Å². The Bertz CT molecular complexity index is 633.